The van der Waals surface area contributed by atoms with E-state index in [0.29, 0.717) is 0 Å². The third-order valence-electron chi connectivity index (χ3n) is 1.17. The molecule has 0 aliphatic carbocycles. The van der Waals surface area contributed by atoms with Crippen molar-refractivity contribution in [2.24, 2.45) is 0 Å². The first-order valence-corrected chi connectivity index (χ1v) is 3.49. The second-order valence-electron chi connectivity index (χ2n) is 2.12. The molecule has 0 fully saturated rings. The molecule has 1 N–H and O–H groups in total. The maximum absolute atomic E-state index is 12.1. The van der Waals surface area contributed by atoms with Crippen LogP contribution in [0.25, 0.3) is 0 Å². The Labute approximate surface area is 76.8 Å². The van der Waals surface area contributed by atoms with Gasteiger partial charge in [-0.25, -0.2) is 4.98 Å². The molecule has 13 heavy (non-hydrogen) atoms. The molecule has 1 aromatic heterocycles. The van der Waals surface area contributed by atoms with Crippen LogP contribution >= 0.6 is 12.2 Å². The number of nitrogens with one attached hydrogen (secondary N) is 1. The normalized spacial score (nSPS) is 10.9. The Morgan fingerprint density at radius 2 is 2.15 bits per heavy atom. The van der Waals surface area contributed by atoms with E-state index < -0.39 is 12.0 Å². The predicted molar refractivity (Wildman–Crippen MR) is 42.4 cm³/mol. The smallest absolute Gasteiger partial charge is 0.329 e. The van der Waals surface area contributed by atoms with Crippen molar-refractivity contribution < 1.29 is 13.2 Å². The Balaban J connectivity index is 3.35. The molecular weight excluding hydrogens is 201 g/mol. The molecule has 0 unspecified atom stereocenters. The average molecular weight is 204 g/mol. The van der Waals surface area contributed by atoms with Gasteiger partial charge < -0.3 is 4.98 Å². The summed E-state index contributed by atoms with van der Waals surface area (Å²) in [6, 6.07) is 1.19. The van der Waals surface area contributed by atoms with Crippen LogP contribution in [0.3, 0.4) is 0 Å². The molecule has 0 saturated carbocycles. The van der Waals surface area contributed by atoms with Gasteiger partial charge in [-0.1, -0.05) is 18.1 Å². The minimum atomic E-state index is -4.56. The van der Waals surface area contributed by atoms with Crippen LogP contribution in [0.15, 0.2) is 6.07 Å². The molecule has 0 aliphatic heterocycles. The standard InChI is InChI=1S/C7H3F3N2S/c1-2-4-3-5(13)12-6(11-4)7(8,9)10/h1,3H,(H,11,12,13). The van der Waals surface area contributed by atoms with Crippen LogP contribution in [0.5, 0.6) is 0 Å². The number of nitrogens with zero attached hydrogens (tertiary/aromatic N) is 1. The van der Waals surface area contributed by atoms with Gasteiger partial charge in [-0.15, -0.1) is 6.42 Å². The third kappa shape index (κ3) is 2.29. The maximum Gasteiger partial charge on any atom is 0.449 e. The molecule has 0 spiro atoms. The summed E-state index contributed by atoms with van der Waals surface area (Å²) in [6.45, 7) is 0. The molecule has 0 saturated heterocycles. The zero-order valence-corrected chi connectivity index (χ0v) is 6.96. The van der Waals surface area contributed by atoms with Crippen LogP contribution in [0.1, 0.15) is 11.5 Å². The summed E-state index contributed by atoms with van der Waals surface area (Å²) in [5.74, 6) is 0.845. The van der Waals surface area contributed by atoms with Crippen LogP contribution < -0.4 is 0 Å². The predicted octanol–water partition coefficient (Wildman–Crippen LogP) is 2.14. The lowest BCUT2D eigenvalue weighted by Gasteiger charge is -2.05. The maximum atomic E-state index is 12.1. The van der Waals surface area contributed by atoms with Gasteiger partial charge in [0.1, 0.15) is 4.64 Å². The van der Waals surface area contributed by atoms with Crippen molar-refractivity contribution in [1.29, 1.82) is 0 Å². The molecule has 0 amide bonds. The van der Waals surface area contributed by atoms with Gasteiger partial charge in [-0.2, -0.15) is 13.2 Å². The summed E-state index contributed by atoms with van der Waals surface area (Å²) in [6.07, 6.45) is 0.353. The Bertz CT molecular complexity index is 413. The molecular formula is C7H3F3N2S. The van der Waals surface area contributed by atoms with E-state index in [0.717, 1.165) is 0 Å². The first-order chi connectivity index (χ1) is 5.93. The number of alkyl halides is 3. The number of halogens is 3. The van der Waals surface area contributed by atoms with Crippen molar-refractivity contribution >= 4 is 12.2 Å². The minimum Gasteiger partial charge on any atom is -0.329 e. The van der Waals surface area contributed by atoms with Crippen LogP contribution in [-0.2, 0) is 6.18 Å². The average Bonchev–Trinajstić information content (AvgIpc) is 2.01. The van der Waals surface area contributed by atoms with E-state index in [4.69, 9.17) is 6.42 Å². The summed E-state index contributed by atoms with van der Waals surface area (Å²) in [5, 5.41) is 0. The highest BCUT2D eigenvalue weighted by molar-refractivity contribution is 7.71. The highest BCUT2D eigenvalue weighted by Crippen LogP contribution is 2.25. The van der Waals surface area contributed by atoms with Gasteiger partial charge in [0.2, 0.25) is 5.82 Å². The number of rotatable bonds is 0. The zero-order chi connectivity index (χ0) is 10.1. The van der Waals surface area contributed by atoms with Gasteiger partial charge in [0.05, 0.1) is 5.69 Å². The second-order valence-corrected chi connectivity index (χ2v) is 2.54. The van der Waals surface area contributed by atoms with Crippen molar-refractivity contribution in [3.05, 3.63) is 22.2 Å². The Morgan fingerprint density at radius 3 is 2.62 bits per heavy atom. The number of aromatic amines is 1. The van der Waals surface area contributed by atoms with Crippen LogP contribution in [0.4, 0.5) is 13.2 Å². The Kier molecular flexibility index (Phi) is 2.38. The fourth-order valence-corrected chi connectivity index (χ4v) is 0.879. The topological polar surface area (TPSA) is 28.7 Å². The van der Waals surface area contributed by atoms with Gasteiger partial charge in [0, 0.05) is 6.07 Å². The number of H-pyrrole nitrogens is 1. The largest absolute Gasteiger partial charge is 0.449 e. The van der Waals surface area contributed by atoms with Crippen molar-refractivity contribution in [2.75, 3.05) is 0 Å². The minimum absolute atomic E-state index is 0.0349. The van der Waals surface area contributed by atoms with E-state index in [1.165, 1.54) is 6.07 Å². The lowest BCUT2D eigenvalue weighted by molar-refractivity contribution is -0.145. The molecule has 1 heterocycles. The molecule has 0 atom stereocenters. The summed E-state index contributed by atoms with van der Waals surface area (Å²) in [5.41, 5.74) is -0.0349. The number of aromatic nitrogens is 2. The molecule has 1 rings (SSSR count). The van der Waals surface area contributed by atoms with Gasteiger partial charge in [-0.3, -0.25) is 0 Å². The fraction of sp³-hybridized carbons (Fsp3) is 0.143. The molecule has 2 nitrogen and oxygen atoms in total. The van der Waals surface area contributed by atoms with E-state index in [2.05, 4.69) is 17.2 Å². The van der Waals surface area contributed by atoms with Crippen LogP contribution in [-0.4, -0.2) is 9.97 Å². The SMILES string of the molecule is C#Cc1cc(=S)nc(C(F)(F)F)[nH]1. The quantitative estimate of drug-likeness (QED) is 0.518. The summed E-state index contributed by atoms with van der Waals surface area (Å²) in [7, 11) is 0. The van der Waals surface area contributed by atoms with Crippen molar-refractivity contribution in [3.63, 3.8) is 0 Å². The monoisotopic (exact) mass is 204 g/mol. The van der Waals surface area contributed by atoms with E-state index in [1.54, 1.807) is 0 Å². The number of hydrogen-bond donors (Lipinski definition) is 1. The Hall–Kier alpha value is -1.35. The zero-order valence-electron chi connectivity index (χ0n) is 6.14. The highest BCUT2D eigenvalue weighted by atomic mass is 32.1. The number of hydrogen-bond acceptors (Lipinski definition) is 2. The van der Waals surface area contributed by atoms with Crippen molar-refractivity contribution in [3.8, 4) is 12.3 Å². The molecule has 1 aromatic rings. The van der Waals surface area contributed by atoms with Gasteiger partial charge in [0.25, 0.3) is 0 Å². The van der Waals surface area contributed by atoms with E-state index >= 15 is 0 Å². The Morgan fingerprint density at radius 1 is 1.54 bits per heavy atom. The van der Waals surface area contributed by atoms with Gasteiger partial charge in [-0.05, 0) is 0 Å². The lowest BCUT2D eigenvalue weighted by Crippen LogP contribution is -2.11. The highest BCUT2D eigenvalue weighted by Gasteiger charge is 2.33. The molecule has 0 radical (unpaired) electrons. The molecule has 0 aromatic carbocycles. The first kappa shape index (κ1) is 9.74. The van der Waals surface area contributed by atoms with E-state index in [9.17, 15) is 13.2 Å². The van der Waals surface area contributed by atoms with Crippen molar-refractivity contribution in [2.45, 2.75) is 6.18 Å². The van der Waals surface area contributed by atoms with E-state index in [1.807, 2.05) is 10.9 Å². The van der Waals surface area contributed by atoms with E-state index in [-0.39, 0.29) is 10.3 Å². The molecule has 68 valence electrons. The summed E-state index contributed by atoms with van der Waals surface area (Å²) >= 11 is 4.50. The molecule has 0 aliphatic rings. The first-order valence-electron chi connectivity index (χ1n) is 3.08. The van der Waals surface area contributed by atoms with Gasteiger partial charge >= 0.3 is 6.18 Å². The lowest BCUT2D eigenvalue weighted by atomic mass is 10.4. The van der Waals surface area contributed by atoms with Crippen molar-refractivity contribution in [1.82, 2.24) is 9.97 Å². The summed E-state index contributed by atoms with van der Waals surface area (Å²) < 4.78 is 36.0. The third-order valence-corrected chi connectivity index (χ3v) is 1.38. The second kappa shape index (κ2) is 3.18. The molecule has 0 bridgehead atoms. The number of terminal acetylenes is 1. The molecule has 6 heteroatoms. The fourth-order valence-electron chi connectivity index (χ4n) is 0.670. The van der Waals surface area contributed by atoms with Gasteiger partial charge in [0.15, 0.2) is 0 Å². The van der Waals surface area contributed by atoms with Crippen LogP contribution in [0.2, 0.25) is 0 Å². The van der Waals surface area contributed by atoms with Crippen LogP contribution in [0, 0.1) is 17.0 Å². The summed E-state index contributed by atoms with van der Waals surface area (Å²) in [4.78, 5) is 5.03.